The van der Waals surface area contributed by atoms with Crippen molar-refractivity contribution in [1.29, 1.82) is 0 Å². The number of aromatic nitrogens is 3. The second-order valence-corrected chi connectivity index (χ2v) is 7.90. The highest BCUT2D eigenvalue weighted by Crippen LogP contribution is 2.44. The van der Waals surface area contributed by atoms with Crippen molar-refractivity contribution in [3.05, 3.63) is 65.1 Å². The fourth-order valence-electron chi connectivity index (χ4n) is 4.55. The number of halogens is 1. The number of esters is 2. The van der Waals surface area contributed by atoms with Gasteiger partial charge in [-0.3, -0.25) is 0 Å². The molecule has 3 heterocycles. The van der Waals surface area contributed by atoms with Crippen LogP contribution in [0, 0.1) is 0 Å². The molecule has 1 aromatic carbocycles. The van der Waals surface area contributed by atoms with Crippen LogP contribution in [-0.2, 0) is 15.9 Å². The predicted octanol–water partition coefficient (Wildman–Crippen LogP) is 5.38. The number of fused-ring (bicyclic) bond motifs is 2. The predicted molar refractivity (Wildman–Crippen MR) is 123 cm³/mol. The molecule has 5 rings (SSSR count). The van der Waals surface area contributed by atoms with Crippen LogP contribution >= 0.6 is 0 Å². The molecule has 7 nitrogen and oxygen atoms in total. The molecular weight excluding hydrogens is 425 g/mol. The Morgan fingerprint density at radius 2 is 1.58 bits per heavy atom. The highest BCUT2D eigenvalue weighted by atomic mass is 19.1. The van der Waals surface area contributed by atoms with Crippen LogP contribution in [0.4, 0.5) is 4.39 Å². The van der Waals surface area contributed by atoms with Crippen LogP contribution < -0.4 is 0 Å². The topological polar surface area (TPSA) is 100.0 Å². The molecule has 0 atom stereocenters. The van der Waals surface area contributed by atoms with Crippen molar-refractivity contribution in [3.63, 3.8) is 0 Å². The van der Waals surface area contributed by atoms with E-state index >= 15 is 0 Å². The molecule has 0 aliphatic heterocycles. The van der Waals surface area contributed by atoms with Gasteiger partial charge in [-0.15, -0.1) is 0 Å². The number of rotatable bonds is 4. The molecule has 33 heavy (non-hydrogen) atoms. The third-order valence-electron chi connectivity index (χ3n) is 6.06. The van der Waals surface area contributed by atoms with Crippen LogP contribution in [0.1, 0.15) is 45.1 Å². The first-order valence-corrected chi connectivity index (χ1v) is 10.6. The van der Waals surface area contributed by atoms with Gasteiger partial charge in [0.2, 0.25) is 0 Å². The Bertz CT molecular complexity index is 1420. The lowest BCUT2D eigenvalue weighted by atomic mass is 9.93. The maximum absolute atomic E-state index is 14.5. The van der Waals surface area contributed by atoms with Crippen LogP contribution in [-0.4, -0.2) is 41.1 Å². The minimum Gasteiger partial charge on any atom is -0.464 e. The average molecular weight is 447 g/mol. The molecule has 0 saturated carbocycles. The molecule has 1 aliphatic carbocycles. The molecule has 3 aromatic heterocycles. The molecule has 0 radical (unpaired) electrons. The average Bonchev–Trinajstić information content (AvgIpc) is 3.50. The van der Waals surface area contributed by atoms with E-state index in [0.717, 1.165) is 16.6 Å². The molecular formula is C25H22FN3O4. The van der Waals surface area contributed by atoms with Crippen molar-refractivity contribution < 1.29 is 23.5 Å². The number of hydrogen-bond acceptors (Lipinski definition) is 4. The van der Waals surface area contributed by atoms with Gasteiger partial charge in [-0.1, -0.05) is 18.2 Å². The number of benzene rings is 1. The lowest BCUT2D eigenvalue weighted by molar-refractivity contribution is 0.0591. The van der Waals surface area contributed by atoms with E-state index < -0.39 is 11.9 Å². The molecule has 0 fully saturated rings. The first kappa shape index (κ1) is 20.8. The van der Waals surface area contributed by atoms with E-state index in [-0.39, 0.29) is 17.2 Å². The lowest BCUT2D eigenvalue weighted by Crippen LogP contribution is -2.06. The second-order valence-electron chi connectivity index (χ2n) is 7.90. The Morgan fingerprint density at radius 3 is 2.30 bits per heavy atom. The Labute approximate surface area is 188 Å². The van der Waals surface area contributed by atoms with Gasteiger partial charge in [-0.25, -0.2) is 14.0 Å². The summed E-state index contributed by atoms with van der Waals surface area (Å²) in [5.41, 5.74) is 4.87. The zero-order valence-corrected chi connectivity index (χ0v) is 18.2. The summed E-state index contributed by atoms with van der Waals surface area (Å²) in [5.74, 6) is -1.50. The smallest absolute Gasteiger partial charge is 0.355 e. The normalized spacial score (nSPS) is 13.4. The zero-order chi connectivity index (χ0) is 23.1. The third kappa shape index (κ3) is 3.34. The number of H-pyrrole nitrogens is 3. The van der Waals surface area contributed by atoms with Gasteiger partial charge in [-0.05, 0) is 31.4 Å². The van der Waals surface area contributed by atoms with Gasteiger partial charge in [-0.2, -0.15) is 0 Å². The van der Waals surface area contributed by atoms with Crippen molar-refractivity contribution in [2.75, 3.05) is 14.2 Å². The number of ether oxygens (including phenoxy) is 2. The highest BCUT2D eigenvalue weighted by molar-refractivity contribution is 6.13. The molecule has 168 valence electrons. The highest BCUT2D eigenvalue weighted by Gasteiger charge is 2.32. The van der Waals surface area contributed by atoms with Gasteiger partial charge >= 0.3 is 11.9 Å². The largest absolute Gasteiger partial charge is 0.464 e. The minimum atomic E-state index is -0.644. The first-order chi connectivity index (χ1) is 16.0. The van der Waals surface area contributed by atoms with Crippen molar-refractivity contribution in [2.24, 2.45) is 0 Å². The molecule has 4 aromatic rings. The van der Waals surface area contributed by atoms with Gasteiger partial charge < -0.3 is 24.4 Å². The summed E-state index contributed by atoms with van der Waals surface area (Å²) in [6.07, 6.45) is 6.72. The van der Waals surface area contributed by atoms with Crippen molar-refractivity contribution in [3.8, 4) is 22.3 Å². The number of para-hydroxylation sites is 1. The van der Waals surface area contributed by atoms with Crippen LogP contribution in [0.15, 0.2) is 42.5 Å². The van der Waals surface area contributed by atoms with Gasteiger partial charge in [0.1, 0.15) is 17.2 Å². The maximum Gasteiger partial charge on any atom is 0.355 e. The molecule has 0 spiro atoms. The van der Waals surface area contributed by atoms with Crippen molar-refractivity contribution in [1.82, 2.24) is 15.0 Å². The number of aromatic amines is 3. The SMILES string of the molecule is COC(=O)c1[nH]c(C(=O)OC)c(-c2c[nH]c3ccccc23)c1-c1c[nH]c2c1C=C(F)CCC2. The van der Waals surface area contributed by atoms with Gasteiger partial charge in [0, 0.05) is 56.8 Å². The zero-order valence-electron chi connectivity index (χ0n) is 18.2. The molecule has 0 unspecified atom stereocenters. The summed E-state index contributed by atoms with van der Waals surface area (Å²) >= 11 is 0. The van der Waals surface area contributed by atoms with Crippen molar-refractivity contribution in [2.45, 2.75) is 19.3 Å². The molecule has 3 N–H and O–H groups in total. The molecule has 8 heteroatoms. The number of hydrogen-bond donors (Lipinski definition) is 3. The van der Waals surface area contributed by atoms with E-state index in [1.165, 1.54) is 20.3 Å². The van der Waals surface area contributed by atoms with E-state index in [4.69, 9.17) is 9.47 Å². The van der Waals surface area contributed by atoms with E-state index in [0.29, 0.717) is 47.1 Å². The van der Waals surface area contributed by atoms with Crippen LogP contribution in [0.5, 0.6) is 0 Å². The summed E-state index contributed by atoms with van der Waals surface area (Å²) < 4.78 is 24.5. The molecule has 0 saturated heterocycles. The van der Waals surface area contributed by atoms with E-state index in [2.05, 4.69) is 15.0 Å². The van der Waals surface area contributed by atoms with E-state index in [1.807, 2.05) is 24.3 Å². The summed E-state index contributed by atoms with van der Waals surface area (Å²) in [6.45, 7) is 0. The summed E-state index contributed by atoms with van der Waals surface area (Å²) in [7, 11) is 2.55. The van der Waals surface area contributed by atoms with Gasteiger partial charge in [0.05, 0.1) is 14.2 Å². The quantitative estimate of drug-likeness (QED) is 0.366. The van der Waals surface area contributed by atoms with E-state index in [1.54, 1.807) is 12.4 Å². The Kier molecular flexibility index (Phi) is 5.12. The van der Waals surface area contributed by atoms with E-state index in [9.17, 15) is 14.0 Å². The maximum atomic E-state index is 14.5. The van der Waals surface area contributed by atoms with Crippen molar-refractivity contribution >= 4 is 28.9 Å². The Balaban J connectivity index is 1.89. The summed E-state index contributed by atoms with van der Waals surface area (Å²) in [4.78, 5) is 35.0. The number of carbonyl (C=O) groups excluding carboxylic acids is 2. The number of carbonyl (C=O) groups is 2. The monoisotopic (exact) mass is 447 g/mol. The first-order valence-electron chi connectivity index (χ1n) is 10.6. The number of aryl methyl sites for hydroxylation is 1. The molecule has 0 amide bonds. The van der Waals surface area contributed by atoms with Gasteiger partial charge in [0.15, 0.2) is 0 Å². The third-order valence-corrected chi connectivity index (χ3v) is 6.06. The standard InChI is InChI=1S/C25H22FN3O4/c1-32-24(30)22-20(16-11-27-18-8-4-3-7-14(16)18)21(23(29-22)25(31)33-2)17-12-28-19-9-5-6-13(26)10-15(17)19/h3-4,7-8,10-12,27-29H,5-6,9H2,1-2H3. The second kappa shape index (κ2) is 8.12. The van der Waals surface area contributed by atoms with Gasteiger partial charge in [0.25, 0.3) is 0 Å². The number of allylic oxidation sites excluding steroid dienone is 1. The summed E-state index contributed by atoms with van der Waals surface area (Å²) in [6, 6.07) is 7.64. The fraction of sp³-hybridized carbons (Fsp3) is 0.200. The molecule has 1 aliphatic rings. The Hall–Kier alpha value is -4.07. The van der Waals surface area contributed by atoms with Crippen LogP contribution in [0.25, 0.3) is 39.2 Å². The minimum absolute atomic E-state index is 0.0954. The van der Waals surface area contributed by atoms with Crippen LogP contribution in [0.2, 0.25) is 0 Å². The van der Waals surface area contributed by atoms with Crippen LogP contribution in [0.3, 0.4) is 0 Å². The number of methoxy groups -OCH3 is 2. The number of nitrogens with one attached hydrogen (secondary N) is 3. The fourth-order valence-corrected chi connectivity index (χ4v) is 4.55. The lowest BCUT2D eigenvalue weighted by Gasteiger charge is -2.08. The molecule has 0 bridgehead atoms. The Morgan fingerprint density at radius 1 is 0.909 bits per heavy atom. The summed E-state index contributed by atoms with van der Waals surface area (Å²) in [5, 5.41) is 0.864.